The van der Waals surface area contributed by atoms with Gasteiger partial charge in [-0.2, -0.15) is 0 Å². The molecule has 0 saturated carbocycles. The Kier molecular flexibility index (Phi) is 5.65. The lowest BCUT2D eigenvalue weighted by molar-refractivity contribution is -0.130. The molecule has 2 saturated heterocycles. The van der Waals surface area contributed by atoms with Crippen molar-refractivity contribution in [1.82, 2.24) is 10.2 Å². The highest BCUT2D eigenvalue weighted by Crippen LogP contribution is 2.26. The summed E-state index contributed by atoms with van der Waals surface area (Å²) in [4.78, 5) is 26.3. The highest BCUT2D eigenvalue weighted by atomic mass is 32.2. The van der Waals surface area contributed by atoms with Gasteiger partial charge in [-0.15, -0.1) is 0 Å². The largest absolute Gasteiger partial charge is 0.353 e. The number of nitrogens with one attached hydrogen (secondary N) is 1. The first kappa shape index (κ1) is 18.9. The lowest BCUT2D eigenvalue weighted by Gasteiger charge is -2.23. The average Bonchev–Trinajstić information content (AvgIpc) is 3.16. The van der Waals surface area contributed by atoms with Gasteiger partial charge in [0.05, 0.1) is 17.4 Å². The van der Waals surface area contributed by atoms with E-state index in [1.807, 2.05) is 25.1 Å². The van der Waals surface area contributed by atoms with Gasteiger partial charge < -0.3 is 10.2 Å². The van der Waals surface area contributed by atoms with Crippen LogP contribution in [0, 0.1) is 5.92 Å². The first-order chi connectivity index (χ1) is 12.3. The molecular weight excluding hydrogens is 352 g/mol. The second-order valence-corrected chi connectivity index (χ2v) is 9.67. The smallest absolute Gasteiger partial charge is 0.225 e. The summed E-state index contributed by atoms with van der Waals surface area (Å²) < 4.78 is 23.3. The molecule has 26 heavy (non-hydrogen) atoms. The molecule has 1 N–H and O–H groups in total. The second kappa shape index (κ2) is 7.78. The van der Waals surface area contributed by atoms with Crippen LogP contribution in [0.2, 0.25) is 0 Å². The summed E-state index contributed by atoms with van der Waals surface area (Å²) in [5.74, 6) is -0.438. The molecule has 2 amide bonds. The number of sulfone groups is 1. The molecule has 142 valence electrons. The summed E-state index contributed by atoms with van der Waals surface area (Å²) in [7, 11) is -3.04. The molecule has 0 radical (unpaired) electrons. The van der Waals surface area contributed by atoms with E-state index in [-0.39, 0.29) is 47.7 Å². The fourth-order valence-electron chi connectivity index (χ4n) is 3.74. The van der Waals surface area contributed by atoms with Gasteiger partial charge in [0.25, 0.3) is 0 Å². The van der Waals surface area contributed by atoms with Crippen LogP contribution in [0.1, 0.15) is 31.7 Å². The number of aryl methyl sites for hydroxylation is 1. The minimum absolute atomic E-state index is 0.0266. The molecule has 1 aromatic carbocycles. The molecule has 2 aliphatic rings. The minimum atomic E-state index is -3.04. The SMILES string of the molecule is C[C@H](CCc1ccccc1)NC(=O)[C@@H]1CC(=O)N([C@H]2CCS(=O)(=O)C2)C1. The van der Waals surface area contributed by atoms with Crippen molar-refractivity contribution in [2.75, 3.05) is 18.1 Å². The van der Waals surface area contributed by atoms with E-state index >= 15 is 0 Å². The molecule has 0 aromatic heterocycles. The van der Waals surface area contributed by atoms with Crippen LogP contribution in [0.15, 0.2) is 30.3 Å². The molecule has 0 spiro atoms. The maximum Gasteiger partial charge on any atom is 0.225 e. The van der Waals surface area contributed by atoms with Crippen LogP contribution >= 0.6 is 0 Å². The first-order valence-corrected chi connectivity index (χ1v) is 11.0. The predicted molar refractivity (Wildman–Crippen MR) is 99.2 cm³/mol. The van der Waals surface area contributed by atoms with Crippen molar-refractivity contribution in [1.29, 1.82) is 0 Å². The van der Waals surface area contributed by atoms with E-state index in [1.165, 1.54) is 5.56 Å². The van der Waals surface area contributed by atoms with Crippen LogP contribution in [0.3, 0.4) is 0 Å². The Balaban J connectivity index is 1.48. The number of rotatable bonds is 6. The Hall–Kier alpha value is -1.89. The first-order valence-electron chi connectivity index (χ1n) is 9.18. The Morgan fingerprint density at radius 3 is 2.69 bits per heavy atom. The topological polar surface area (TPSA) is 83.6 Å². The third kappa shape index (κ3) is 4.63. The standard InChI is InChI=1S/C19H26N2O4S/c1-14(7-8-15-5-3-2-4-6-15)20-19(23)16-11-18(22)21(12-16)17-9-10-26(24,25)13-17/h2-6,14,16-17H,7-13H2,1H3,(H,20,23)/t14-,16-,17+/m1/s1. The molecule has 6 nitrogen and oxygen atoms in total. The van der Waals surface area contributed by atoms with Gasteiger partial charge in [-0.05, 0) is 31.7 Å². The third-order valence-corrected chi connectivity index (χ3v) is 7.03. The van der Waals surface area contributed by atoms with Crippen molar-refractivity contribution in [3.63, 3.8) is 0 Å². The molecular formula is C19H26N2O4S. The highest BCUT2D eigenvalue weighted by molar-refractivity contribution is 7.91. The number of hydrogen-bond acceptors (Lipinski definition) is 4. The zero-order valence-electron chi connectivity index (χ0n) is 15.1. The third-order valence-electron chi connectivity index (χ3n) is 5.28. The number of nitrogens with zero attached hydrogens (tertiary/aromatic N) is 1. The summed E-state index contributed by atoms with van der Waals surface area (Å²) in [6.45, 7) is 2.30. The second-order valence-electron chi connectivity index (χ2n) is 7.44. The summed E-state index contributed by atoms with van der Waals surface area (Å²) in [5.41, 5.74) is 1.23. The minimum Gasteiger partial charge on any atom is -0.353 e. The Morgan fingerprint density at radius 1 is 1.31 bits per heavy atom. The van der Waals surface area contributed by atoms with Gasteiger partial charge in [-0.25, -0.2) is 8.42 Å². The number of likely N-dealkylation sites (tertiary alicyclic amines) is 1. The molecule has 3 atom stereocenters. The normalized spacial score (nSPS) is 26.0. The van der Waals surface area contributed by atoms with E-state index in [9.17, 15) is 18.0 Å². The average molecular weight is 378 g/mol. The molecule has 0 unspecified atom stereocenters. The van der Waals surface area contributed by atoms with E-state index in [0.29, 0.717) is 13.0 Å². The van der Waals surface area contributed by atoms with Gasteiger partial charge in [0.1, 0.15) is 0 Å². The van der Waals surface area contributed by atoms with E-state index < -0.39 is 9.84 Å². The Labute approximate surface area is 154 Å². The van der Waals surface area contributed by atoms with Gasteiger partial charge in [-0.3, -0.25) is 9.59 Å². The predicted octanol–water partition coefficient (Wildman–Crippen LogP) is 1.16. The van der Waals surface area contributed by atoms with Gasteiger partial charge in [0.2, 0.25) is 11.8 Å². The van der Waals surface area contributed by atoms with Crippen LogP contribution in [0.25, 0.3) is 0 Å². The number of carbonyl (C=O) groups excluding carboxylic acids is 2. The molecule has 3 rings (SSSR count). The van der Waals surface area contributed by atoms with E-state index in [4.69, 9.17) is 0 Å². The van der Waals surface area contributed by atoms with Gasteiger partial charge in [0, 0.05) is 25.0 Å². The van der Waals surface area contributed by atoms with Crippen molar-refractivity contribution in [3.8, 4) is 0 Å². The van der Waals surface area contributed by atoms with Crippen LogP contribution < -0.4 is 5.32 Å². The molecule has 0 aliphatic carbocycles. The van der Waals surface area contributed by atoms with Crippen LogP contribution in [-0.4, -0.2) is 55.3 Å². The Bertz CT molecular complexity index is 763. The zero-order chi connectivity index (χ0) is 18.7. The summed E-state index contributed by atoms with van der Waals surface area (Å²) >= 11 is 0. The lowest BCUT2D eigenvalue weighted by Crippen LogP contribution is -2.41. The van der Waals surface area contributed by atoms with Crippen LogP contribution in [-0.2, 0) is 25.8 Å². The summed E-state index contributed by atoms with van der Waals surface area (Å²) in [6, 6.07) is 9.88. The quantitative estimate of drug-likeness (QED) is 0.805. The summed E-state index contributed by atoms with van der Waals surface area (Å²) in [6.07, 6.45) is 2.38. The number of hydrogen-bond donors (Lipinski definition) is 1. The fraction of sp³-hybridized carbons (Fsp3) is 0.579. The van der Waals surface area contributed by atoms with Crippen molar-refractivity contribution in [2.45, 2.75) is 44.7 Å². The van der Waals surface area contributed by atoms with Gasteiger partial charge >= 0.3 is 0 Å². The van der Waals surface area contributed by atoms with Crippen LogP contribution in [0.5, 0.6) is 0 Å². The van der Waals surface area contributed by atoms with Gasteiger partial charge in [-0.1, -0.05) is 30.3 Å². The monoisotopic (exact) mass is 378 g/mol. The molecule has 2 aliphatic heterocycles. The van der Waals surface area contributed by atoms with Crippen molar-refractivity contribution in [3.05, 3.63) is 35.9 Å². The van der Waals surface area contributed by atoms with Crippen molar-refractivity contribution >= 4 is 21.7 Å². The van der Waals surface area contributed by atoms with E-state index in [0.717, 1.165) is 12.8 Å². The molecule has 2 heterocycles. The molecule has 1 aromatic rings. The van der Waals surface area contributed by atoms with Crippen LogP contribution in [0.4, 0.5) is 0 Å². The van der Waals surface area contributed by atoms with E-state index in [2.05, 4.69) is 17.4 Å². The van der Waals surface area contributed by atoms with Crippen molar-refractivity contribution in [2.24, 2.45) is 5.92 Å². The maximum absolute atomic E-state index is 12.5. The molecule has 2 fully saturated rings. The number of benzene rings is 1. The molecule has 0 bridgehead atoms. The fourth-order valence-corrected chi connectivity index (χ4v) is 5.47. The summed E-state index contributed by atoms with van der Waals surface area (Å²) in [5, 5.41) is 3.00. The van der Waals surface area contributed by atoms with Gasteiger partial charge in [0.15, 0.2) is 9.84 Å². The Morgan fingerprint density at radius 2 is 2.04 bits per heavy atom. The molecule has 7 heteroatoms. The highest BCUT2D eigenvalue weighted by Gasteiger charge is 2.41. The van der Waals surface area contributed by atoms with E-state index in [1.54, 1.807) is 4.90 Å². The zero-order valence-corrected chi connectivity index (χ0v) is 15.9. The lowest BCUT2D eigenvalue weighted by atomic mass is 10.0. The number of amides is 2. The van der Waals surface area contributed by atoms with Crippen molar-refractivity contribution < 1.29 is 18.0 Å². The maximum atomic E-state index is 12.5. The number of carbonyl (C=O) groups is 2.